The summed E-state index contributed by atoms with van der Waals surface area (Å²) in [4.78, 5) is 2.67. The van der Waals surface area contributed by atoms with Gasteiger partial charge in [-0.25, -0.2) is 0 Å². The van der Waals surface area contributed by atoms with Crippen LogP contribution in [-0.4, -0.2) is 52.0 Å². The number of ether oxygens (including phenoxy) is 4. The molecule has 0 bridgehead atoms. The summed E-state index contributed by atoms with van der Waals surface area (Å²) in [5.41, 5.74) is 15.6. The largest absolute Gasteiger partial charge is 0.494 e. The van der Waals surface area contributed by atoms with Gasteiger partial charge in [0.1, 0.15) is 17.3 Å². The topological polar surface area (TPSA) is 136 Å². The lowest BCUT2D eigenvalue weighted by Gasteiger charge is -2.08. The lowest BCUT2D eigenvalue weighted by molar-refractivity contribution is 0.0519. The maximum Gasteiger partial charge on any atom is 0.122 e. The number of nitrogens with zero attached hydrogens (tertiary/aromatic N) is 3. The van der Waals surface area contributed by atoms with Crippen LogP contribution < -0.4 is 15.2 Å². The van der Waals surface area contributed by atoms with E-state index in [4.69, 9.17) is 35.6 Å². The smallest absolute Gasteiger partial charge is 0.122 e. The van der Waals surface area contributed by atoms with Crippen LogP contribution in [0.5, 0.6) is 11.5 Å². The van der Waals surface area contributed by atoms with Crippen molar-refractivity contribution in [1.82, 2.24) is 0 Å². The van der Waals surface area contributed by atoms with Gasteiger partial charge in [0, 0.05) is 17.0 Å². The summed E-state index contributed by atoms with van der Waals surface area (Å²) < 4.78 is 22.5. The van der Waals surface area contributed by atoms with Crippen LogP contribution in [0.2, 0.25) is 0 Å². The molecule has 0 heterocycles. The van der Waals surface area contributed by atoms with Crippen molar-refractivity contribution >= 4 is 5.84 Å². The molecule has 2 rings (SSSR count). The molecule has 0 fully saturated rings. The number of unbranched alkanes of at least 4 members (excludes halogenated alkanes) is 7. The molecule has 2 aromatic rings. The van der Waals surface area contributed by atoms with E-state index in [1.807, 2.05) is 36.4 Å². The van der Waals surface area contributed by atoms with E-state index in [-0.39, 0.29) is 5.84 Å². The Morgan fingerprint density at radius 1 is 0.684 bits per heavy atom. The van der Waals surface area contributed by atoms with E-state index in [2.05, 4.69) is 22.2 Å². The Hall–Kier alpha value is -3.26. The van der Waals surface area contributed by atoms with Gasteiger partial charge in [0.2, 0.25) is 0 Å². The lowest BCUT2D eigenvalue weighted by Crippen LogP contribution is -2.10. The van der Waals surface area contributed by atoms with Crippen molar-refractivity contribution in [2.45, 2.75) is 57.8 Å². The summed E-state index contributed by atoms with van der Waals surface area (Å²) in [6.45, 7) is 3.94. The fraction of sp³-hybridized carbons (Fsp3) is 0.552. The predicted octanol–water partition coefficient (Wildman–Crippen LogP) is 6.44. The van der Waals surface area contributed by atoms with Crippen molar-refractivity contribution in [1.29, 1.82) is 5.41 Å². The Labute approximate surface area is 226 Å². The van der Waals surface area contributed by atoms with Gasteiger partial charge in [-0.05, 0) is 66.8 Å². The predicted molar refractivity (Wildman–Crippen MR) is 151 cm³/mol. The van der Waals surface area contributed by atoms with Crippen molar-refractivity contribution in [2.24, 2.45) is 10.8 Å². The summed E-state index contributed by atoms with van der Waals surface area (Å²) >= 11 is 0. The quantitative estimate of drug-likeness (QED) is 0.0430. The van der Waals surface area contributed by atoms with E-state index >= 15 is 0 Å². The van der Waals surface area contributed by atoms with E-state index in [9.17, 15) is 0 Å². The molecule has 0 aliphatic rings. The summed E-state index contributed by atoms with van der Waals surface area (Å²) in [5, 5.41) is 10.8. The molecule has 0 aliphatic heterocycles. The fourth-order valence-electron chi connectivity index (χ4n) is 3.79. The van der Waals surface area contributed by atoms with Crippen LogP contribution in [-0.2, 0) is 15.9 Å². The van der Waals surface area contributed by atoms with Crippen molar-refractivity contribution in [3.8, 4) is 11.5 Å². The number of hydrogen-bond acceptors (Lipinski definition) is 6. The molecule has 208 valence electrons. The highest BCUT2D eigenvalue weighted by atomic mass is 16.5. The Kier molecular flexibility index (Phi) is 16.9. The van der Waals surface area contributed by atoms with Gasteiger partial charge in [0.25, 0.3) is 0 Å². The number of nitrogen functional groups attached to an aromatic ring is 1. The van der Waals surface area contributed by atoms with Crippen molar-refractivity contribution < 1.29 is 18.9 Å². The number of nitrogens with two attached hydrogens (primary N) is 1. The molecule has 0 amide bonds. The SMILES string of the molecule is [N-]=[N+]=NCCOCCOCCc1ccc(OCCCCCCCCCCOc2ccc(C(=N)N)cc2)cc1. The molecule has 0 aliphatic carbocycles. The maximum absolute atomic E-state index is 8.18. The van der Waals surface area contributed by atoms with Crippen LogP contribution >= 0.6 is 0 Å². The number of amidine groups is 1. The molecule has 0 saturated carbocycles. The maximum atomic E-state index is 8.18. The highest BCUT2D eigenvalue weighted by Crippen LogP contribution is 2.15. The highest BCUT2D eigenvalue weighted by Gasteiger charge is 2.00. The van der Waals surface area contributed by atoms with Crippen LogP contribution in [0.3, 0.4) is 0 Å². The lowest BCUT2D eigenvalue weighted by atomic mass is 10.1. The minimum Gasteiger partial charge on any atom is -0.494 e. The van der Waals surface area contributed by atoms with Crippen molar-refractivity contribution in [2.75, 3.05) is 46.2 Å². The second-order valence-electron chi connectivity index (χ2n) is 9.04. The van der Waals surface area contributed by atoms with Gasteiger partial charge < -0.3 is 24.7 Å². The van der Waals surface area contributed by atoms with Gasteiger partial charge in [0.15, 0.2) is 0 Å². The molecule has 0 radical (unpaired) electrons. The summed E-state index contributed by atoms with van der Waals surface area (Å²) in [6.07, 6.45) is 10.4. The molecular formula is C29H43N5O4. The number of hydrogen-bond donors (Lipinski definition) is 2. The summed E-state index contributed by atoms with van der Waals surface area (Å²) in [7, 11) is 0. The van der Waals surface area contributed by atoms with E-state index < -0.39 is 0 Å². The number of rotatable bonds is 23. The third kappa shape index (κ3) is 15.1. The first kappa shape index (κ1) is 31.0. The van der Waals surface area contributed by atoms with Crippen LogP contribution in [0.4, 0.5) is 0 Å². The first-order valence-corrected chi connectivity index (χ1v) is 13.6. The molecule has 2 aromatic carbocycles. The third-order valence-corrected chi connectivity index (χ3v) is 5.97. The third-order valence-electron chi connectivity index (χ3n) is 5.97. The summed E-state index contributed by atoms with van der Waals surface area (Å²) in [6, 6.07) is 15.6. The molecule has 9 heteroatoms. The normalized spacial score (nSPS) is 10.6. The molecule has 0 saturated heterocycles. The monoisotopic (exact) mass is 525 g/mol. The Morgan fingerprint density at radius 2 is 1.18 bits per heavy atom. The highest BCUT2D eigenvalue weighted by molar-refractivity contribution is 5.94. The molecule has 3 N–H and O–H groups in total. The Bertz CT molecular complexity index is 931. The minimum absolute atomic E-state index is 0.0778. The zero-order valence-electron chi connectivity index (χ0n) is 22.5. The standard InChI is InChI=1S/C29H43N5O4/c30-29(31)26-11-15-28(16-12-26)38-20-8-6-4-2-1-3-5-7-19-37-27-13-9-25(10-14-27)17-21-35-23-24-36-22-18-33-34-32/h9-16H,1-8,17-24H2,(H3,30,31). The Balaban J connectivity index is 1.36. The van der Waals surface area contributed by atoms with Gasteiger partial charge in [-0.2, -0.15) is 0 Å². The Morgan fingerprint density at radius 3 is 1.71 bits per heavy atom. The van der Waals surface area contributed by atoms with E-state index in [1.165, 1.54) is 44.1 Å². The molecule has 0 atom stereocenters. The van der Waals surface area contributed by atoms with Gasteiger partial charge in [-0.15, -0.1) is 0 Å². The van der Waals surface area contributed by atoms with Crippen LogP contribution in [0.25, 0.3) is 10.4 Å². The van der Waals surface area contributed by atoms with Gasteiger partial charge >= 0.3 is 0 Å². The van der Waals surface area contributed by atoms with Crippen molar-refractivity contribution in [3.05, 3.63) is 70.1 Å². The fourth-order valence-corrected chi connectivity index (χ4v) is 3.79. The minimum atomic E-state index is 0.0778. The number of azide groups is 1. The molecule has 0 unspecified atom stereocenters. The molecule has 9 nitrogen and oxygen atoms in total. The first-order valence-electron chi connectivity index (χ1n) is 13.6. The average Bonchev–Trinajstić information content (AvgIpc) is 2.93. The van der Waals surface area contributed by atoms with Gasteiger partial charge in [-0.1, -0.05) is 55.8 Å². The summed E-state index contributed by atoms with van der Waals surface area (Å²) in [5.74, 6) is 1.83. The van der Waals surface area contributed by atoms with Crippen LogP contribution in [0.15, 0.2) is 53.6 Å². The van der Waals surface area contributed by atoms with Crippen LogP contribution in [0.1, 0.15) is 62.5 Å². The zero-order valence-corrected chi connectivity index (χ0v) is 22.5. The molecule has 0 aromatic heterocycles. The molecule has 0 spiro atoms. The van der Waals surface area contributed by atoms with Crippen molar-refractivity contribution in [3.63, 3.8) is 0 Å². The average molecular weight is 526 g/mol. The zero-order chi connectivity index (χ0) is 27.1. The van der Waals surface area contributed by atoms with E-state index in [0.29, 0.717) is 33.0 Å². The van der Waals surface area contributed by atoms with Gasteiger partial charge in [-0.3, -0.25) is 5.41 Å². The number of benzene rings is 2. The first-order chi connectivity index (χ1) is 18.7. The van der Waals surface area contributed by atoms with E-state index in [1.54, 1.807) is 0 Å². The van der Waals surface area contributed by atoms with Gasteiger partial charge in [0.05, 0.1) is 39.6 Å². The molecule has 38 heavy (non-hydrogen) atoms. The molecular weight excluding hydrogens is 482 g/mol. The van der Waals surface area contributed by atoms with E-state index in [0.717, 1.165) is 49.5 Å². The van der Waals surface area contributed by atoms with Crippen LogP contribution in [0, 0.1) is 5.41 Å². The second kappa shape index (κ2) is 20.8. The second-order valence-corrected chi connectivity index (χ2v) is 9.04. The number of nitrogens with one attached hydrogen (secondary N) is 1.